The highest BCUT2D eigenvalue weighted by molar-refractivity contribution is 5.55. The molecule has 1 rings (SSSR count). The molecule has 1 atom stereocenters. The lowest BCUT2D eigenvalue weighted by Gasteiger charge is -2.32. The third kappa shape index (κ3) is 7.69. The molecule has 0 N–H and O–H groups in total. The average Bonchev–Trinajstić information content (AvgIpc) is 2.99. The van der Waals surface area contributed by atoms with Crippen LogP contribution < -0.4 is 5.11 Å². The van der Waals surface area contributed by atoms with E-state index in [1.807, 2.05) is 12.4 Å². The minimum atomic E-state index is -0.953. The van der Waals surface area contributed by atoms with Gasteiger partial charge in [0.2, 0.25) is 0 Å². The van der Waals surface area contributed by atoms with E-state index in [0.717, 1.165) is 25.8 Å². The van der Waals surface area contributed by atoms with Gasteiger partial charge in [0.1, 0.15) is 6.20 Å². The lowest BCUT2D eigenvalue weighted by Crippen LogP contribution is -2.56. The Morgan fingerprint density at radius 2 is 1.46 bits per heavy atom. The molecule has 4 nitrogen and oxygen atoms in total. The first kappa shape index (κ1) is 21.0. The summed E-state index contributed by atoms with van der Waals surface area (Å²) in [6.07, 6.45) is 17.6. The van der Waals surface area contributed by atoms with Crippen LogP contribution in [-0.2, 0) is 0 Å². The van der Waals surface area contributed by atoms with E-state index in [1.165, 1.54) is 57.8 Å². The Morgan fingerprint density at radius 3 is 2.04 bits per heavy atom. The highest BCUT2D eigenvalue weighted by Crippen LogP contribution is 2.21. The molecule has 0 aliphatic carbocycles. The van der Waals surface area contributed by atoms with Gasteiger partial charge < -0.3 is 14.8 Å². The van der Waals surface area contributed by atoms with Gasteiger partial charge in [0, 0.05) is 6.54 Å². The van der Waals surface area contributed by atoms with E-state index in [9.17, 15) is 9.90 Å². The van der Waals surface area contributed by atoms with Crippen molar-refractivity contribution in [2.75, 3.05) is 19.8 Å². The number of hydrogen-bond acceptors (Lipinski definition) is 3. The van der Waals surface area contributed by atoms with E-state index in [1.54, 1.807) is 0 Å². The average molecular weight is 339 g/mol. The van der Waals surface area contributed by atoms with E-state index in [2.05, 4.69) is 18.7 Å². The molecule has 0 fully saturated rings. The minimum absolute atomic E-state index is 0.0103. The van der Waals surface area contributed by atoms with Gasteiger partial charge in [-0.3, -0.25) is 0 Å². The van der Waals surface area contributed by atoms with Crippen molar-refractivity contribution in [2.45, 2.75) is 90.9 Å². The normalized spacial score (nSPS) is 20.0. The summed E-state index contributed by atoms with van der Waals surface area (Å²) in [6, 6.07) is 0. The zero-order valence-corrected chi connectivity index (χ0v) is 16.0. The quantitative estimate of drug-likeness (QED) is 0.343. The number of nitrogens with zero attached hydrogens (tertiary/aromatic N) is 2. The number of hydrogen-bond donors (Lipinski definition) is 0. The Bertz CT molecular complexity index is 371. The maximum absolute atomic E-state index is 11.7. The molecule has 0 spiro atoms. The number of carbonyl (C=O) groups excluding carboxylic acids is 1. The Kier molecular flexibility index (Phi) is 10.8. The van der Waals surface area contributed by atoms with E-state index in [4.69, 9.17) is 0 Å². The van der Waals surface area contributed by atoms with Gasteiger partial charge in [-0.2, -0.15) is 0 Å². The number of rotatable bonds is 14. The third-order valence-electron chi connectivity index (χ3n) is 5.07. The maximum Gasteiger partial charge on any atom is 0.263 e. The van der Waals surface area contributed by atoms with E-state index < -0.39 is 6.09 Å². The van der Waals surface area contributed by atoms with Crippen molar-refractivity contribution in [3.63, 3.8) is 0 Å². The van der Waals surface area contributed by atoms with Gasteiger partial charge in [0.15, 0.2) is 6.67 Å². The van der Waals surface area contributed by atoms with E-state index in [-0.39, 0.29) is 4.48 Å². The molecular weight excluding hydrogens is 300 g/mol. The smallest absolute Gasteiger partial charge is 0.263 e. The number of carboxylic acid groups (broad SMARTS) is 1. The van der Waals surface area contributed by atoms with Gasteiger partial charge in [-0.15, -0.1) is 0 Å². The summed E-state index contributed by atoms with van der Waals surface area (Å²) in [7, 11) is 0. The zero-order chi connectivity index (χ0) is 17.7. The molecule has 0 saturated heterocycles. The first-order chi connectivity index (χ1) is 11.6. The predicted octanol–water partition coefficient (Wildman–Crippen LogP) is 4.61. The topological polar surface area (TPSA) is 43.4 Å². The van der Waals surface area contributed by atoms with Crippen LogP contribution in [0.5, 0.6) is 0 Å². The lowest BCUT2D eigenvalue weighted by atomic mass is 10.1. The molecule has 0 aromatic carbocycles. The highest BCUT2D eigenvalue weighted by Gasteiger charge is 2.33. The van der Waals surface area contributed by atoms with Crippen molar-refractivity contribution < 1.29 is 14.4 Å². The van der Waals surface area contributed by atoms with Crippen molar-refractivity contribution in [1.82, 2.24) is 4.90 Å². The Morgan fingerprint density at radius 1 is 0.917 bits per heavy atom. The standard InChI is InChI=1S/C20H38N2O2/c1-3-5-7-9-11-13-15-21-16-18-22(19-21,20(23)24)17-14-12-10-8-6-4-2/h16,18H,3-15,17,19H2,1-2H3. The molecule has 0 bridgehead atoms. The van der Waals surface area contributed by atoms with Crippen molar-refractivity contribution in [1.29, 1.82) is 0 Å². The molecule has 24 heavy (non-hydrogen) atoms. The van der Waals surface area contributed by atoms with Crippen molar-refractivity contribution >= 4 is 6.09 Å². The van der Waals surface area contributed by atoms with Crippen molar-refractivity contribution in [3.05, 3.63) is 12.4 Å². The second-order valence-corrected chi connectivity index (χ2v) is 7.31. The van der Waals surface area contributed by atoms with E-state index in [0.29, 0.717) is 13.2 Å². The minimum Gasteiger partial charge on any atom is -0.498 e. The largest absolute Gasteiger partial charge is 0.498 e. The molecule has 1 heterocycles. The van der Waals surface area contributed by atoms with Gasteiger partial charge in [-0.05, 0) is 19.3 Å². The fraction of sp³-hybridized carbons (Fsp3) is 0.850. The lowest BCUT2D eigenvalue weighted by molar-refractivity contribution is -0.830. The van der Waals surface area contributed by atoms with Crippen LogP contribution >= 0.6 is 0 Å². The van der Waals surface area contributed by atoms with Crippen LogP contribution in [0.15, 0.2) is 12.4 Å². The van der Waals surface area contributed by atoms with Crippen LogP contribution in [0.4, 0.5) is 4.79 Å². The first-order valence-electron chi connectivity index (χ1n) is 10.2. The molecule has 1 aliphatic rings. The predicted molar refractivity (Wildman–Crippen MR) is 98.0 cm³/mol. The summed E-state index contributed by atoms with van der Waals surface area (Å²) in [6.45, 7) is 6.62. The molecular formula is C20H38N2O2. The van der Waals surface area contributed by atoms with Crippen LogP contribution in [0.1, 0.15) is 90.9 Å². The second-order valence-electron chi connectivity index (χ2n) is 7.31. The highest BCUT2D eigenvalue weighted by atomic mass is 16.4. The number of amides is 1. The summed E-state index contributed by atoms with van der Waals surface area (Å²) in [5.41, 5.74) is 0. The van der Waals surface area contributed by atoms with Gasteiger partial charge >= 0.3 is 0 Å². The van der Waals surface area contributed by atoms with Gasteiger partial charge in [-0.25, -0.2) is 4.48 Å². The molecule has 4 heteroatoms. The molecule has 140 valence electrons. The fourth-order valence-corrected chi connectivity index (χ4v) is 3.41. The van der Waals surface area contributed by atoms with E-state index >= 15 is 0 Å². The molecule has 0 aromatic rings. The summed E-state index contributed by atoms with van der Waals surface area (Å²) in [5, 5.41) is 11.7. The monoisotopic (exact) mass is 338 g/mol. The van der Waals surface area contributed by atoms with Crippen LogP contribution in [0, 0.1) is 0 Å². The maximum atomic E-state index is 11.7. The first-order valence-corrected chi connectivity index (χ1v) is 10.2. The summed E-state index contributed by atoms with van der Waals surface area (Å²) in [5.74, 6) is 0. The Labute approximate surface area is 149 Å². The molecule has 1 amide bonds. The van der Waals surface area contributed by atoms with Crippen molar-refractivity contribution in [3.8, 4) is 0 Å². The molecule has 0 radical (unpaired) electrons. The van der Waals surface area contributed by atoms with Crippen molar-refractivity contribution in [2.24, 2.45) is 0 Å². The molecule has 0 saturated carbocycles. The van der Waals surface area contributed by atoms with Gasteiger partial charge in [0.05, 0.1) is 12.7 Å². The summed E-state index contributed by atoms with van der Waals surface area (Å²) < 4.78 is -0.0103. The van der Waals surface area contributed by atoms with Gasteiger partial charge in [-0.1, -0.05) is 71.6 Å². The number of unbranched alkanes of at least 4 members (excludes halogenated alkanes) is 10. The summed E-state index contributed by atoms with van der Waals surface area (Å²) >= 11 is 0. The van der Waals surface area contributed by atoms with Crippen LogP contribution in [-0.4, -0.2) is 35.2 Å². The molecule has 0 aromatic heterocycles. The summed E-state index contributed by atoms with van der Waals surface area (Å²) in [4.78, 5) is 13.8. The Balaban J connectivity index is 2.24. The van der Waals surface area contributed by atoms with Crippen LogP contribution in [0.2, 0.25) is 0 Å². The molecule has 1 unspecified atom stereocenters. The Hall–Kier alpha value is -1.03. The fourth-order valence-electron chi connectivity index (χ4n) is 3.41. The number of carbonyl (C=O) groups is 1. The third-order valence-corrected chi connectivity index (χ3v) is 5.07. The second kappa shape index (κ2) is 12.3. The zero-order valence-electron chi connectivity index (χ0n) is 16.0. The number of quaternary nitrogens is 1. The van der Waals surface area contributed by atoms with Crippen LogP contribution in [0.3, 0.4) is 0 Å². The molecule has 1 aliphatic heterocycles. The SMILES string of the molecule is CCCCCCCCN1C=C[N+](CCCCCCCC)(C(=O)[O-])C1. The van der Waals surface area contributed by atoms with Crippen LogP contribution in [0.25, 0.3) is 0 Å². The van der Waals surface area contributed by atoms with Gasteiger partial charge in [0.25, 0.3) is 6.09 Å².